The van der Waals surface area contributed by atoms with Gasteiger partial charge in [0.15, 0.2) is 0 Å². The molecule has 5 heteroatoms. The van der Waals surface area contributed by atoms with Crippen molar-refractivity contribution in [3.63, 3.8) is 0 Å². The molecule has 0 N–H and O–H groups in total. The van der Waals surface area contributed by atoms with Crippen molar-refractivity contribution in [1.29, 1.82) is 0 Å². The van der Waals surface area contributed by atoms with Crippen LogP contribution in [-0.2, 0) is 11.3 Å². The summed E-state index contributed by atoms with van der Waals surface area (Å²) in [6, 6.07) is 8.79. The molecule has 24 heavy (non-hydrogen) atoms. The maximum absolute atomic E-state index is 12.0. The number of carbonyl (C=O) groups excluding carboxylic acids is 1. The normalized spacial score (nSPS) is 11.2. The Morgan fingerprint density at radius 1 is 1.29 bits per heavy atom. The highest BCUT2D eigenvalue weighted by molar-refractivity contribution is 7.11. The Kier molecular flexibility index (Phi) is 4.53. The third-order valence-electron chi connectivity index (χ3n) is 3.92. The van der Waals surface area contributed by atoms with Crippen LogP contribution >= 0.6 is 11.3 Å². The number of rotatable bonds is 4. The Bertz CT molecular complexity index is 936. The fourth-order valence-corrected chi connectivity index (χ4v) is 3.36. The first-order valence-electron chi connectivity index (χ1n) is 7.73. The second-order valence-electron chi connectivity index (χ2n) is 6.00. The molecule has 0 aliphatic carbocycles. The van der Waals surface area contributed by atoms with Gasteiger partial charge in [-0.25, -0.2) is 9.59 Å². The zero-order valence-electron chi connectivity index (χ0n) is 13.8. The zero-order chi connectivity index (χ0) is 17.3. The van der Waals surface area contributed by atoms with Crippen molar-refractivity contribution < 1.29 is 13.9 Å². The summed E-state index contributed by atoms with van der Waals surface area (Å²) in [5.41, 5.74) is 3.00. The van der Waals surface area contributed by atoms with Crippen LogP contribution < -0.4 is 5.63 Å². The third kappa shape index (κ3) is 3.26. The summed E-state index contributed by atoms with van der Waals surface area (Å²) < 4.78 is 10.7. The van der Waals surface area contributed by atoms with Crippen LogP contribution in [0.25, 0.3) is 11.0 Å². The smallest absolute Gasteiger partial charge is 0.348 e. The van der Waals surface area contributed by atoms with E-state index in [2.05, 4.69) is 13.8 Å². The molecular formula is C19H18O4S. The Morgan fingerprint density at radius 3 is 2.75 bits per heavy atom. The first-order valence-corrected chi connectivity index (χ1v) is 8.61. The van der Waals surface area contributed by atoms with Gasteiger partial charge in [-0.15, -0.1) is 11.3 Å². The Balaban J connectivity index is 1.98. The molecule has 4 nitrogen and oxygen atoms in total. The maximum atomic E-state index is 12.0. The van der Waals surface area contributed by atoms with Crippen molar-refractivity contribution in [3.8, 4) is 0 Å². The molecule has 124 valence electrons. The highest BCUT2D eigenvalue weighted by Crippen LogP contribution is 2.27. The van der Waals surface area contributed by atoms with Gasteiger partial charge >= 0.3 is 11.6 Å². The summed E-state index contributed by atoms with van der Waals surface area (Å²) in [7, 11) is 0. The van der Waals surface area contributed by atoms with E-state index in [9.17, 15) is 9.59 Å². The molecular weight excluding hydrogens is 324 g/mol. The summed E-state index contributed by atoms with van der Waals surface area (Å²) in [5, 5.41) is 2.63. The second kappa shape index (κ2) is 6.61. The van der Waals surface area contributed by atoms with Gasteiger partial charge in [-0.3, -0.25) is 0 Å². The van der Waals surface area contributed by atoms with Crippen molar-refractivity contribution in [3.05, 3.63) is 67.7 Å². The summed E-state index contributed by atoms with van der Waals surface area (Å²) in [5.74, 6) is -0.0366. The van der Waals surface area contributed by atoms with Crippen LogP contribution in [0.1, 0.15) is 46.1 Å². The van der Waals surface area contributed by atoms with E-state index in [0.717, 1.165) is 10.9 Å². The van der Waals surface area contributed by atoms with Crippen molar-refractivity contribution in [2.75, 3.05) is 0 Å². The zero-order valence-corrected chi connectivity index (χ0v) is 14.6. The molecule has 2 heterocycles. The Morgan fingerprint density at radius 2 is 2.08 bits per heavy atom. The Hall–Kier alpha value is -2.40. The van der Waals surface area contributed by atoms with Gasteiger partial charge < -0.3 is 9.15 Å². The molecule has 1 aromatic carbocycles. The van der Waals surface area contributed by atoms with Crippen LogP contribution in [0, 0.1) is 6.92 Å². The molecule has 2 aromatic heterocycles. The predicted octanol–water partition coefficient (Wildman–Crippen LogP) is 4.64. The van der Waals surface area contributed by atoms with E-state index in [1.807, 2.05) is 24.4 Å². The summed E-state index contributed by atoms with van der Waals surface area (Å²) in [6.45, 7) is 6.27. The number of aryl methyl sites for hydroxylation is 1. The van der Waals surface area contributed by atoms with Gasteiger partial charge in [-0.1, -0.05) is 19.9 Å². The van der Waals surface area contributed by atoms with Gasteiger partial charge in [0.1, 0.15) is 17.1 Å². The first kappa shape index (κ1) is 16.5. The average molecular weight is 342 g/mol. The molecule has 3 rings (SSSR count). The number of hydrogen-bond acceptors (Lipinski definition) is 5. The predicted molar refractivity (Wildman–Crippen MR) is 94.7 cm³/mol. The molecule has 0 fully saturated rings. The van der Waals surface area contributed by atoms with Gasteiger partial charge in [-0.2, -0.15) is 0 Å². The van der Waals surface area contributed by atoms with Gasteiger partial charge in [0, 0.05) is 17.0 Å². The summed E-state index contributed by atoms with van der Waals surface area (Å²) in [6.07, 6.45) is 0. The average Bonchev–Trinajstić information content (AvgIpc) is 3.05. The maximum Gasteiger partial charge on any atom is 0.348 e. The lowest BCUT2D eigenvalue weighted by molar-refractivity contribution is 0.0479. The number of benzene rings is 1. The molecule has 0 aliphatic heterocycles. The van der Waals surface area contributed by atoms with Crippen LogP contribution in [0.4, 0.5) is 0 Å². The van der Waals surface area contributed by atoms with Crippen LogP contribution in [-0.4, -0.2) is 5.97 Å². The molecule has 0 atom stereocenters. The van der Waals surface area contributed by atoms with Crippen molar-refractivity contribution in [2.24, 2.45) is 0 Å². The second-order valence-corrected chi connectivity index (χ2v) is 6.95. The molecule has 0 saturated heterocycles. The quantitative estimate of drug-likeness (QED) is 0.512. The lowest BCUT2D eigenvalue weighted by atomic mass is 9.95. The number of fused-ring (bicyclic) bond motifs is 1. The fraction of sp³-hybridized carbons (Fsp3) is 0.263. The number of carbonyl (C=O) groups is 1. The van der Waals surface area contributed by atoms with E-state index < -0.39 is 5.63 Å². The van der Waals surface area contributed by atoms with Gasteiger partial charge in [0.05, 0.1) is 0 Å². The SMILES string of the molecule is Cc1cc2oc(=O)cc(COC(=O)c3cccs3)c2cc1C(C)C. The van der Waals surface area contributed by atoms with E-state index in [0.29, 0.717) is 21.9 Å². The van der Waals surface area contributed by atoms with E-state index in [1.54, 1.807) is 12.1 Å². The fourth-order valence-electron chi connectivity index (χ4n) is 2.74. The molecule has 0 saturated carbocycles. The number of esters is 1. The minimum Gasteiger partial charge on any atom is -0.457 e. The standard InChI is InChI=1S/C19H18O4S/c1-11(2)14-9-15-13(8-18(20)23-16(15)7-12(14)3)10-22-19(21)17-5-4-6-24-17/h4-9,11H,10H2,1-3H3. The van der Waals surface area contributed by atoms with Gasteiger partial charge in [0.25, 0.3) is 0 Å². The van der Waals surface area contributed by atoms with Crippen LogP contribution in [0.2, 0.25) is 0 Å². The molecule has 0 amide bonds. The van der Waals surface area contributed by atoms with Crippen LogP contribution in [0.5, 0.6) is 0 Å². The van der Waals surface area contributed by atoms with Crippen molar-refractivity contribution in [1.82, 2.24) is 0 Å². The molecule has 0 spiro atoms. The molecule has 0 bridgehead atoms. The summed E-state index contributed by atoms with van der Waals surface area (Å²) >= 11 is 1.33. The number of hydrogen-bond donors (Lipinski definition) is 0. The third-order valence-corrected chi connectivity index (χ3v) is 4.77. The van der Waals surface area contributed by atoms with Crippen molar-refractivity contribution >= 4 is 28.3 Å². The van der Waals surface area contributed by atoms with Gasteiger partial charge in [-0.05, 0) is 47.5 Å². The van der Waals surface area contributed by atoms with Crippen molar-refractivity contribution in [2.45, 2.75) is 33.3 Å². The van der Waals surface area contributed by atoms with E-state index in [4.69, 9.17) is 9.15 Å². The minimum absolute atomic E-state index is 0.0411. The highest BCUT2D eigenvalue weighted by atomic mass is 32.1. The van der Waals surface area contributed by atoms with Gasteiger partial charge in [0.2, 0.25) is 0 Å². The van der Waals surface area contributed by atoms with Crippen LogP contribution in [0.3, 0.4) is 0 Å². The van der Waals surface area contributed by atoms with E-state index in [-0.39, 0.29) is 12.6 Å². The first-order chi connectivity index (χ1) is 11.5. The topological polar surface area (TPSA) is 56.5 Å². The lowest BCUT2D eigenvalue weighted by Crippen LogP contribution is -2.07. The molecule has 3 aromatic rings. The number of ether oxygens (including phenoxy) is 1. The molecule has 0 radical (unpaired) electrons. The van der Waals surface area contributed by atoms with Crippen LogP contribution in [0.15, 0.2) is 44.9 Å². The molecule has 0 aliphatic rings. The minimum atomic E-state index is -0.443. The number of thiophene rings is 1. The van der Waals surface area contributed by atoms with E-state index >= 15 is 0 Å². The van der Waals surface area contributed by atoms with E-state index in [1.165, 1.54) is 23.0 Å². The lowest BCUT2D eigenvalue weighted by Gasteiger charge is -2.13. The largest absolute Gasteiger partial charge is 0.457 e. The summed E-state index contributed by atoms with van der Waals surface area (Å²) in [4.78, 5) is 24.4. The molecule has 0 unspecified atom stereocenters. The highest BCUT2D eigenvalue weighted by Gasteiger charge is 2.14. The monoisotopic (exact) mass is 342 g/mol. The Labute approximate surface area is 143 Å².